The zero-order chi connectivity index (χ0) is 14.3. The standard InChI is InChI=1S/C13H17Br2NO3/c1-18-8-7-16(6-5-14)13(17)11-4-3-10(15)9-12(11)19-2/h3-4,9H,5-8H2,1-2H3. The predicted molar refractivity (Wildman–Crippen MR) is 82.3 cm³/mol. The van der Waals surface area contributed by atoms with E-state index in [0.717, 1.165) is 9.80 Å². The first-order valence-corrected chi connectivity index (χ1v) is 7.73. The van der Waals surface area contributed by atoms with E-state index in [1.165, 1.54) is 0 Å². The monoisotopic (exact) mass is 393 g/mol. The highest BCUT2D eigenvalue weighted by Gasteiger charge is 2.19. The molecule has 4 nitrogen and oxygen atoms in total. The van der Waals surface area contributed by atoms with Gasteiger partial charge in [-0.05, 0) is 18.2 Å². The quantitative estimate of drug-likeness (QED) is 0.667. The molecule has 0 aliphatic heterocycles. The van der Waals surface area contributed by atoms with Crippen molar-refractivity contribution in [3.8, 4) is 5.75 Å². The Morgan fingerprint density at radius 2 is 2.05 bits per heavy atom. The molecule has 0 radical (unpaired) electrons. The largest absolute Gasteiger partial charge is 0.496 e. The van der Waals surface area contributed by atoms with Crippen LogP contribution in [0.1, 0.15) is 10.4 Å². The smallest absolute Gasteiger partial charge is 0.257 e. The zero-order valence-electron chi connectivity index (χ0n) is 11.0. The van der Waals surface area contributed by atoms with Gasteiger partial charge < -0.3 is 14.4 Å². The van der Waals surface area contributed by atoms with Gasteiger partial charge >= 0.3 is 0 Å². The van der Waals surface area contributed by atoms with E-state index in [1.54, 1.807) is 31.3 Å². The van der Waals surface area contributed by atoms with Gasteiger partial charge in [-0.3, -0.25) is 4.79 Å². The molecule has 19 heavy (non-hydrogen) atoms. The first kappa shape index (κ1) is 16.5. The average Bonchev–Trinajstić information content (AvgIpc) is 2.42. The lowest BCUT2D eigenvalue weighted by atomic mass is 10.1. The molecule has 1 rings (SSSR count). The molecule has 0 unspecified atom stereocenters. The summed E-state index contributed by atoms with van der Waals surface area (Å²) < 4.78 is 11.2. The Kier molecular flexibility index (Phi) is 7.41. The second-order valence-corrected chi connectivity index (χ2v) is 5.53. The Morgan fingerprint density at radius 1 is 1.32 bits per heavy atom. The minimum Gasteiger partial charge on any atom is -0.496 e. The lowest BCUT2D eigenvalue weighted by molar-refractivity contribution is 0.0705. The Balaban J connectivity index is 2.94. The van der Waals surface area contributed by atoms with Gasteiger partial charge in [0, 0.05) is 30.0 Å². The summed E-state index contributed by atoms with van der Waals surface area (Å²) in [5, 5.41) is 0.724. The van der Waals surface area contributed by atoms with Gasteiger partial charge in [-0.2, -0.15) is 0 Å². The van der Waals surface area contributed by atoms with Crippen LogP contribution in [0.25, 0.3) is 0 Å². The van der Waals surface area contributed by atoms with Crippen LogP contribution >= 0.6 is 31.9 Å². The minimum atomic E-state index is -0.0548. The second kappa shape index (κ2) is 8.55. The van der Waals surface area contributed by atoms with Crippen LogP contribution in [0.2, 0.25) is 0 Å². The number of amides is 1. The fraction of sp³-hybridized carbons (Fsp3) is 0.462. The first-order valence-electron chi connectivity index (χ1n) is 5.81. The molecule has 0 N–H and O–H groups in total. The van der Waals surface area contributed by atoms with Crippen LogP contribution in [-0.4, -0.2) is 50.1 Å². The maximum Gasteiger partial charge on any atom is 0.257 e. The summed E-state index contributed by atoms with van der Waals surface area (Å²) in [6.07, 6.45) is 0. The topological polar surface area (TPSA) is 38.8 Å². The molecule has 1 amide bonds. The van der Waals surface area contributed by atoms with Crippen molar-refractivity contribution in [3.05, 3.63) is 28.2 Å². The number of carbonyl (C=O) groups is 1. The van der Waals surface area contributed by atoms with E-state index in [0.29, 0.717) is 31.0 Å². The van der Waals surface area contributed by atoms with Crippen molar-refractivity contribution in [1.29, 1.82) is 0 Å². The molecule has 0 saturated heterocycles. The van der Waals surface area contributed by atoms with Gasteiger partial charge in [0.1, 0.15) is 5.75 Å². The molecule has 0 spiro atoms. The van der Waals surface area contributed by atoms with E-state index in [-0.39, 0.29) is 5.91 Å². The summed E-state index contributed by atoms with van der Waals surface area (Å²) in [4.78, 5) is 14.2. The lowest BCUT2D eigenvalue weighted by Gasteiger charge is -2.22. The minimum absolute atomic E-state index is 0.0548. The number of methoxy groups -OCH3 is 2. The van der Waals surface area contributed by atoms with Crippen LogP contribution in [0.4, 0.5) is 0 Å². The molecule has 0 bridgehead atoms. The molecule has 6 heteroatoms. The van der Waals surface area contributed by atoms with E-state index in [2.05, 4.69) is 31.9 Å². The highest BCUT2D eigenvalue weighted by atomic mass is 79.9. The maximum atomic E-state index is 12.5. The highest BCUT2D eigenvalue weighted by Crippen LogP contribution is 2.24. The fourth-order valence-electron chi connectivity index (χ4n) is 1.63. The first-order chi connectivity index (χ1) is 9.13. The van der Waals surface area contributed by atoms with Crippen LogP contribution in [0.15, 0.2) is 22.7 Å². The summed E-state index contributed by atoms with van der Waals surface area (Å²) in [6.45, 7) is 1.69. The van der Waals surface area contributed by atoms with Gasteiger partial charge in [0.25, 0.3) is 5.91 Å². The molecule has 106 valence electrons. The number of benzene rings is 1. The lowest BCUT2D eigenvalue weighted by Crippen LogP contribution is -2.35. The Bertz CT molecular complexity index is 426. The third-order valence-electron chi connectivity index (χ3n) is 2.60. The van der Waals surface area contributed by atoms with Gasteiger partial charge in [-0.25, -0.2) is 0 Å². The van der Waals surface area contributed by atoms with Crippen molar-refractivity contribution in [2.24, 2.45) is 0 Å². The van der Waals surface area contributed by atoms with E-state index in [4.69, 9.17) is 9.47 Å². The third-order valence-corrected chi connectivity index (χ3v) is 3.45. The molecule has 0 saturated carbocycles. The molecular weight excluding hydrogens is 378 g/mol. The van der Waals surface area contributed by atoms with E-state index < -0.39 is 0 Å². The summed E-state index contributed by atoms with van der Waals surface area (Å²) >= 11 is 6.72. The number of alkyl halides is 1. The van der Waals surface area contributed by atoms with E-state index in [9.17, 15) is 4.79 Å². The molecule has 0 aliphatic rings. The normalized spacial score (nSPS) is 10.3. The van der Waals surface area contributed by atoms with Gasteiger partial charge in [0.2, 0.25) is 0 Å². The summed E-state index contributed by atoms with van der Waals surface area (Å²) in [5.74, 6) is 0.511. The van der Waals surface area contributed by atoms with E-state index in [1.807, 2.05) is 6.07 Å². The number of halogens is 2. The number of rotatable bonds is 7. The Morgan fingerprint density at radius 3 is 2.63 bits per heavy atom. The molecule has 0 heterocycles. The van der Waals surface area contributed by atoms with Crippen LogP contribution < -0.4 is 4.74 Å². The molecule has 0 atom stereocenters. The van der Waals surface area contributed by atoms with Crippen molar-refractivity contribution in [3.63, 3.8) is 0 Å². The number of hydrogen-bond acceptors (Lipinski definition) is 3. The maximum absolute atomic E-state index is 12.5. The van der Waals surface area contributed by atoms with Crippen molar-refractivity contribution >= 4 is 37.8 Å². The summed E-state index contributed by atoms with van der Waals surface area (Å²) in [6, 6.07) is 5.38. The van der Waals surface area contributed by atoms with Crippen LogP contribution in [-0.2, 0) is 4.74 Å². The van der Waals surface area contributed by atoms with E-state index >= 15 is 0 Å². The van der Waals surface area contributed by atoms with Crippen molar-refractivity contribution < 1.29 is 14.3 Å². The van der Waals surface area contributed by atoms with Gasteiger partial charge in [-0.1, -0.05) is 31.9 Å². The zero-order valence-corrected chi connectivity index (χ0v) is 14.2. The summed E-state index contributed by atoms with van der Waals surface area (Å²) in [5.41, 5.74) is 0.558. The number of ether oxygens (including phenoxy) is 2. The molecule has 0 aromatic heterocycles. The van der Waals surface area contributed by atoms with Gasteiger partial charge in [0.05, 0.1) is 19.3 Å². The predicted octanol–water partition coefficient (Wildman–Crippen LogP) is 2.94. The van der Waals surface area contributed by atoms with Crippen LogP contribution in [0, 0.1) is 0 Å². The highest BCUT2D eigenvalue weighted by molar-refractivity contribution is 9.10. The fourth-order valence-corrected chi connectivity index (χ4v) is 2.40. The molecule has 1 aromatic carbocycles. The Hall–Kier alpha value is -0.590. The van der Waals surface area contributed by atoms with Crippen molar-refractivity contribution in [2.75, 3.05) is 39.2 Å². The number of nitrogens with zero attached hydrogens (tertiary/aromatic N) is 1. The Labute approximate surface area is 130 Å². The van der Waals surface area contributed by atoms with Crippen molar-refractivity contribution in [1.82, 2.24) is 4.90 Å². The third kappa shape index (κ3) is 4.78. The van der Waals surface area contributed by atoms with Crippen molar-refractivity contribution in [2.45, 2.75) is 0 Å². The molecule has 1 aromatic rings. The average molecular weight is 395 g/mol. The molecular formula is C13H17Br2NO3. The van der Waals surface area contributed by atoms with Gasteiger partial charge in [0.15, 0.2) is 0 Å². The molecule has 0 aliphatic carbocycles. The SMILES string of the molecule is COCCN(CCBr)C(=O)c1ccc(Br)cc1OC. The van der Waals surface area contributed by atoms with Crippen LogP contribution in [0.5, 0.6) is 5.75 Å². The number of hydrogen-bond donors (Lipinski definition) is 0. The number of carbonyl (C=O) groups excluding carboxylic acids is 1. The summed E-state index contributed by atoms with van der Waals surface area (Å²) in [7, 11) is 3.18. The molecule has 0 fully saturated rings. The van der Waals surface area contributed by atoms with Gasteiger partial charge in [-0.15, -0.1) is 0 Å². The van der Waals surface area contributed by atoms with Crippen LogP contribution in [0.3, 0.4) is 0 Å². The second-order valence-electron chi connectivity index (χ2n) is 3.82.